The van der Waals surface area contributed by atoms with E-state index in [0.29, 0.717) is 11.4 Å². The van der Waals surface area contributed by atoms with Crippen LogP contribution in [-0.4, -0.2) is 25.3 Å². The maximum atomic E-state index is 12.8. The number of sulfonamides is 1. The summed E-state index contributed by atoms with van der Waals surface area (Å²) in [6.45, 7) is 5.97. The van der Waals surface area contributed by atoms with E-state index >= 15 is 0 Å². The molecule has 1 aliphatic carbocycles. The van der Waals surface area contributed by atoms with Gasteiger partial charge in [0.2, 0.25) is 10.0 Å². The molecule has 0 bridgehead atoms. The third-order valence-corrected chi connectivity index (χ3v) is 5.44. The predicted molar refractivity (Wildman–Crippen MR) is 82.0 cm³/mol. The summed E-state index contributed by atoms with van der Waals surface area (Å²) >= 11 is 0. The molecule has 0 aliphatic heterocycles. The van der Waals surface area contributed by atoms with Crippen LogP contribution in [0.2, 0.25) is 0 Å². The second-order valence-electron chi connectivity index (χ2n) is 5.10. The lowest BCUT2D eigenvalue weighted by Crippen LogP contribution is -2.40. The van der Waals surface area contributed by atoms with Crippen LogP contribution in [0.4, 0.5) is 0 Å². The van der Waals surface area contributed by atoms with E-state index in [1.165, 1.54) is 0 Å². The van der Waals surface area contributed by atoms with Crippen molar-refractivity contribution in [1.29, 1.82) is 0 Å². The Kier molecular flexibility index (Phi) is 4.78. The lowest BCUT2D eigenvalue weighted by molar-refractivity contribution is 0.361. The molecule has 1 aromatic rings. The van der Waals surface area contributed by atoms with Crippen LogP contribution in [0, 0.1) is 6.92 Å². The van der Waals surface area contributed by atoms with Gasteiger partial charge in [-0.05, 0) is 38.3 Å². The van der Waals surface area contributed by atoms with Gasteiger partial charge in [-0.15, -0.1) is 6.58 Å². The number of hydrogen-bond donors (Lipinski definition) is 0. The molecule has 0 amide bonds. The number of aryl methyl sites for hydroxylation is 1. The first-order valence-corrected chi connectivity index (χ1v) is 8.36. The Morgan fingerprint density at radius 3 is 2.60 bits per heavy atom. The van der Waals surface area contributed by atoms with Crippen LogP contribution in [0.5, 0.6) is 0 Å². The number of nitrogens with zero attached hydrogens (tertiary/aromatic N) is 1. The van der Waals surface area contributed by atoms with E-state index in [9.17, 15) is 8.42 Å². The highest BCUT2D eigenvalue weighted by Crippen LogP contribution is 2.24. The van der Waals surface area contributed by atoms with Gasteiger partial charge in [0, 0.05) is 12.6 Å². The van der Waals surface area contributed by atoms with Crippen molar-refractivity contribution >= 4 is 10.0 Å². The van der Waals surface area contributed by atoms with Crippen molar-refractivity contribution in [2.75, 3.05) is 6.54 Å². The molecule has 20 heavy (non-hydrogen) atoms. The third kappa shape index (κ3) is 3.19. The molecule has 0 radical (unpaired) electrons. The fraction of sp³-hybridized carbons (Fsp3) is 0.375. The van der Waals surface area contributed by atoms with Crippen molar-refractivity contribution in [2.24, 2.45) is 0 Å². The molecule has 0 N–H and O–H groups in total. The molecule has 0 heterocycles. The summed E-state index contributed by atoms with van der Waals surface area (Å²) in [7, 11) is -3.47. The molecule has 1 aliphatic rings. The molecule has 4 heteroatoms. The Morgan fingerprint density at radius 2 is 2.05 bits per heavy atom. The van der Waals surface area contributed by atoms with Gasteiger partial charge < -0.3 is 0 Å². The summed E-state index contributed by atoms with van der Waals surface area (Å²) in [5.41, 5.74) is 1.05. The molecule has 1 unspecified atom stereocenters. The fourth-order valence-electron chi connectivity index (χ4n) is 2.42. The molecule has 3 nitrogen and oxygen atoms in total. The Labute approximate surface area is 121 Å². The fourth-order valence-corrected chi connectivity index (χ4v) is 4.00. The van der Waals surface area contributed by atoms with Gasteiger partial charge in [0.25, 0.3) is 0 Å². The highest BCUT2D eigenvalue weighted by Gasteiger charge is 2.29. The second-order valence-corrected chi connectivity index (χ2v) is 6.99. The van der Waals surface area contributed by atoms with Crippen molar-refractivity contribution < 1.29 is 8.42 Å². The van der Waals surface area contributed by atoms with Crippen LogP contribution in [0.15, 0.2) is 54.0 Å². The first-order valence-electron chi connectivity index (χ1n) is 6.92. The minimum absolute atomic E-state index is 0.0620. The van der Waals surface area contributed by atoms with E-state index in [-0.39, 0.29) is 6.04 Å². The van der Waals surface area contributed by atoms with Crippen molar-refractivity contribution in [3.63, 3.8) is 0 Å². The number of benzene rings is 1. The Hall–Kier alpha value is -1.39. The van der Waals surface area contributed by atoms with Crippen LogP contribution in [0.25, 0.3) is 0 Å². The van der Waals surface area contributed by atoms with Gasteiger partial charge in [-0.1, -0.05) is 35.9 Å². The largest absolute Gasteiger partial charge is 0.243 e. The van der Waals surface area contributed by atoms with Gasteiger partial charge in [0.05, 0.1) is 4.90 Å². The SMILES string of the molecule is C=CCN(C1C=CCCC1)S(=O)(=O)c1ccc(C)cc1. The van der Waals surface area contributed by atoms with Gasteiger partial charge in [0.1, 0.15) is 0 Å². The van der Waals surface area contributed by atoms with Crippen LogP contribution >= 0.6 is 0 Å². The summed E-state index contributed by atoms with van der Waals surface area (Å²) in [5, 5.41) is 0. The Balaban J connectivity index is 2.36. The first kappa shape index (κ1) is 15.0. The average molecular weight is 291 g/mol. The first-order chi connectivity index (χ1) is 9.55. The maximum absolute atomic E-state index is 12.8. The summed E-state index contributed by atoms with van der Waals surface area (Å²) in [4.78, 5) is 0.351. The van der Waals surface area contributed by atoms with Crippen molar-refractivity contribution in [3.8, 4) is 0 Å². The van der Waals surface area contributed by atoms with Gasteiger partial charge in [-0.25, -0.2) is 8.42 Å². The van der Waals surface area contributed by atoms with Crippen LogP contribution in [-0.2, 0) is 10.0 Å². The molecule has 2 rings (SSSR count). The Morgan fingerprint density at radius 1 is 1.35 bits per heavy atom. The van der Waals surface area contributed by atoms with Gasteiger partial charge >= 0.3 is 0 Å². The smallest absolute Gasteiger partial charge is 0.207 e. The summed E-state index contributed by atoms with van der Waals surface area (Å²) in [6, 6.07) is 6.94. The van der Waals surface area contributed by atoms with E-state index < -0.39 is 10.0 Å². The molecule has 1 atom stereocenters. The van der Waals surface area contributed by atoms with E-state index in [2.05, 4.69) is 12.7 Å². The standard InChI is InChI=1S/C16H21NO2S/c1-3-13-17(15-7-5-4-6-8-15)20(18,19)16-11-9-14(2)10-12-16/h3,5,7,9-12,15H,1,4,6,8,13H2,2H3. The average Bonchev–Trinajstić information content (AvgIpc) is 2.46. The number of rotatable bonds is 5. The minimum atomic E-state index is -3.47. The molecule has 0 saturated carbocycles. The van der Waals surface area contributed by atoms with Crippen LogP contribution in [0.3, 0.4) is 0 Å². The number of hydrogen-bond acceptors (Lipinski definition) is 2. The van der Waals surface area contributed by atoms with Crippen molar-refractivity contribution in [1.82, 2.24) is 4.31 Å². The molecule has 1 aromatic carbocycles. The molecule has 0 spiro atoms. The Bertz CT molecular complexity index is 587. The lowest BCUT2D eigenvalue weighted by atomic mass is 10.0. The topological polar surface area (TPSA) is 37.4 Å². The zero-order valence-corrected chi connectivity index (χ0v) is 12.6. The van der Waals surface area contributed by atoms with Gasteiger partial charge in [0.15, 0.2) is 0 Å². The molecule has 0 saturated heterocycles. The maximum Gasteiger partial charge on any atom is 0.243 e. The number of allylic oxidation sites excluding steroid dienone is 1. The highest BCUT2D eigenvalue weighted by molar-refractivity contribution is 7.89. The van der Waals surface area contributed by atoms with E-state index in [4.69, 9.17) is 0 Å². The monoisotopic (exact) mass is 291 g/mol. The quantitative estimate of drug-likeness (QED) is 0.781. The lowest BCUT2D eigenvalue weighted by Gasteiger charge is -2.29. The van der Waals surface area contributed by atoms with Gasteiger partial charge in [-0.2, -0.15) is 4.31 Å². The van der Waals surface area contributed by atoms with Crippen LogP contribution < -0.4 is 0 Å². The molecule has 0 aromatic heterocycles. The van der Waals surface area contributed by atoms with Crippen molar-refractivity contribution in [3.05, 3.63) is 54.6 Å². The molecule has 0 fully saturated rings. The third-order valence-electron chi connectivity index (χ3n) is 3.54. The molecular formula is C16H21NO2S. The zero-order chi connectivity index (χ0) is 14.6. The summed E-state index contributed by atoms with van der Waals surface area (Å²) < 4.78 is 27.1. The minimum Gasteiger partial charge on any atom is -0.207 e. The predicted octanol–water partition coefficient (Wildman–Crippen LogP) is 3.28. The van der Waals surface area contributed by atoms with Crippen LogP contribution in [0.1, 0.15) is 24.8 Å². The summed E-state index contributed by atoms with van der Waals surface area (Å²) in [5.74, 6) is 0. The second kappa shape index (κ2) is 6.37. The molecule has 108 valence electrons. The van der Waals surface area contributed by atoms with Crippen molar-refractivity contribution in [2.45, 2.75) is 37.1 Å². The normalized spacial score (nSPS) is 19.2. The van der Waals surface area contributed by atoms with E-state index in [1.54, 1.807) is 22.5 Å². The molecular weight excluding hydrogens is 270 g/mol. The van der Waals surface area contributed by atoms with E-state index in [0.717, 1.165) is 24.8 Å². The zero-order valence-electron chi connectivity index (χ0n) is 11.8. The summed E-state index contributed by atoms with van der Waals surface area (Å²) in [6.07, 6.45) is 8.64. The van der Waals surface area contributed by atoms with Gasteiger partial charge in [-0.3, -0.25) is 0 Å². The highest BCUT2D eigenvalue weighted by atomic mass is 32.2. The van der Waals surface area contributed by atoms with E-state index in [1.807, 2.05) is 25.1 Å².